The highest BCUT2D eigenvalue weighted by molar-refractivity contribution is 7.99. The molecule has 0 aliphatic rings. The van der Waals surface area contributed by atoms with Crippen molar-refractivity contribution >= 4 is 34.4 Å². The number of hydrogen-bond donors (Lipinski definition) is 1. The third kappa shape index (κ3) is 4.11. The molecule has 1 amide bonds. The fraction of sp³-hybridized carbons (Fsp3) is 0.333. The molecule has 1 aromatic heterocycles. The lowest BCUT2D eigenvalue weighted by atomic mass is 10.2. The molecule has 1 heterocycles. The quantitative estimate of drug-likeness (QED) is 0.650. The number of imidazole rings is 1. The summed E-state index contributed by atoms with van der Waals surface area (Å²) in [5.41, 5.74) is 3.18. The van der Waals surface area contributed by atoms with Crippen molar-refractivity contribution < 1.29 is 4.79 Å². The topological polar surface area (TPSA) is 56.0 Å². The number of aromatic nitrogens is 2. The monoisotopic (exact) mass is 383 g/mol. The molecule has 0 fully saturated rings. The van der Waals surface area contributed by atoms with Crippen LogP contribution in [0, 0.1) is 6.92 Å². The summed E-state index contributed by atoms with van der Waals surface area (Å²) in [5.74, 6) is -0.209. The molecule has 1 atom stereocenters. The van der Waals surface area contributed by atoms with Crippen LogP contribution >= 0.6 is 11.8 Å². The molecule has 1 unspecified atom stereocenters. The highest BCUT2D eigenvalue weighted by Crippen LogP contribution is 2.28. The van der Waals surface area contributed by atoms with Crippen molar-refractivity contribution in [3.8, 4) is 0 Å². The van der Waals surface area contributed by atoms with Crippen molar-refractivity contribution in [1.29, 1.82) is 0 Å². The van der Waals surface area contributed by atoms with Crippen LogP contribution in [0.15, 0.2) is 52.2 Å². The summed E-state index contributed by atoms with van der Waals surface area (Å²) in [7, 11) is 1.72. The molecule has 0 saturated carbocycles. The van der Waals surface area contributed by atoms with Gasteiger partial charge in [-0.3, -0.25) is 13.9 Å². The first-order chi connectivity index (χ1) is 12.9. The van der Waals surface area contributed by atoms with E-state index >= 15 is 0 Å². The molecule has 3 rings (SSSR count). The molecule has 0 radical (unpaired) electrons. The fourth-order valence-corrected chi connectivity index (χ4v) is 4.04. The molecule has 142 valence electrons. The molecule has 3 aromatic rings. The molecule has 0 saturated heterocycles. The number of benzene rings is 2. The molecule has 0 bridgehead atoms. The zero-order valence-corrected chi connectivity index (χ0v) is 17.0. The number of carbonyl (C=O) groups is 1. The van der Waals surface area contributed by atoms with Gasteiger partial charge in [0.15, 0.2) is 0 Å². The second-order valence-corrected chi connectivity index (χ2v) is 8.29. The number of amides is 1. The van der Waals surface area contributed by atoms with Crippen LogP contribution in [0.1, 0.15) is 25.8 Å². The number of carbonyl (C=O) groups excluding carboxylic acids is 1. The van der Waals surface area contributed by atoms with Gasteiger partial charge >= 0.3 is 5.69 Å². The van der Waals surface area contributed by atoms with Gasteiger partial charge in [0, 0.05) is 22.9 Å². The first-order valence-corrected chi connectivity index (χ1v) is 10.00. The number of para-hydroxylation sites is 2. The molecular weight excluding hydrogens is 358 g/mol. The van der Waals surface area contributed by atoms with Crippen LogP contribution in [0.5, 0.6) is 0 Å². The zero-order valence-electron chi connectivity index (χ0n) is 16.2. The molecule has 0 aliphatic carbocycles. The number of fused-ring (bicyclic) bond motifs is 1. The Balaban J connectivity index is 1.77. The molecular formula is C21H25N3O2S. The summed E-state index contributed by atoms with van der Waals surface area (Å²) in [4.78, 5) is 26.2. The molecule has 0 spiro atoms. The van der Waals surface area contributed by atoms with Crippen LogP contribution in [0.4, 0.5) is 5.69 Å². The van der Waals surface area contributed by atoms with Gasteiger partial charge in [-0.2, -0.15) is 0 Å². The van der Waals surface area contributed by atoms with Crippen LogP contribution in [-0.2, 0) is 18.4 Å². The first-order valence-electron chi connectivity index (χ1n) is 9.12. The van der Waals surface area contributed by atoms with Gasteiger partial charge in [0.05, 0.1) is 11.0 Å². The van der Waals surface area contributed by atoms with Crippen molar-refractivity contribution in [3.05, 3.63) is 58.5 Å². The van der Waals surface area contributed by atoms with Crippen molar-refractivity contribution in [2.75, 3.05) is 5.32 Å². The molecule has 27 heavy (non-hydrogen) atoms. The van der Waals surface area contributed by atoms with Crippen LogP contribution < -0.4 is 11.0 Å². The number of nitrogens with zero attached hydrogens (tertiary/aromatic N) is 2. The van der Waals surface area contributed by atoms with Crippen LogP contribution in [0.25, 0.3) is 11.0 Å². The summed E-state index contributed by atoms with van der Waals surface area (Å²) >= 11 is 1.83. The van der Waals surface area contributed by atoms with Crippen molar-refractivity contribution in [3.63, 3.8) is 0 Å². The Morgan fingerprint density at radius 2 is 1.89 bits per heavy atom. The summed E-state index contributed by atoms with van der Waals surface area (Å²) in [5, 5.41) is 3.50. The second-order valence-electron chi connectivity index (χ2n) is 6.78. The normalized spacial score (nSPS) is 12.3. The SMILES string of the molecule is CCC(C)Sc1ccc(NC(=O)Cn2c(=O)n(C)c3ccccc32)c(C)c1. The third-order valence-corrected chi connectivity index (χ3v) is 6.00. The Hall–Kier alpha value is -2.47. The van der Waals surface area contributed by atoms with Gasteiger partial charge in [0.2, 0.25) is 5.91 Å². The van der Waals surface area contributed by atoms with E-state index in [1.165, 1.54) is 9.46 Å². The average Bonchev–Trinajstić information content (AvgIpc) is 2.89. The highest BCUT2D eigenvalue weighted by atomic mass is 32.2. The van der Waals surface area contributed by atoms with Crippen molar-refractivity contribution in [1.82, 2.24) is 9.13 Å². The number of aryl methyl sites for hydroxylation is 2. The minimum absolute atomic E-state index is 0.0109. The van der Waals surface area contributed by atoms with Gasteiger partial charge in [0.1, 0.15) is 6.54 Å². The third-order valence-electron chi connectivity index (χ3n) is 4.74. The van der Waals surface area contributed by atoms with Crippen LogP contribution in [-0.4, -0.2) is 20.3 Å². The minimum Gasteiger partial charge on any atom is -0.324 e. The number of hydrogen-bond acceptors (Lipinski definition) is 3. The standard InChI is InChI=1S/C21H25N3O2S/c1-5-15(3)27-16-10-11-17(14(2)12-16)22-20(25)13-24-19-9-7-6-8-18(19)23(4)21(24)26/h6-12,15H,5,13H2,1-4H3,(H,22,25). The lowest BCUT2D eigenvalue weighted by molar-refractivity contribution is -0.116. The van der Waals surface area contributed by atoms with E-state index in [-0.39, 0.29) is 18.1 Å². The maximum absolute atomic E-state index is 12.6. The number of anilines is 1. The van der Waals surface area contributed by atoms with Crippen molar-refractivity contribution in [2.45, 2.75) is 43.9 Å². The van der Waals surface area contributed by atoms with E-state index < -0.39 is 0 Å². The number of rotatable bonds is 6. The Morgan fingerprint density at radius 3 is 2.56 bits per heavy atom. The van der Waals surface area contributed by atoms with E-state index in [4.69, 9.17) is 0 Å². The maximum atomic E-state index is 12.6. The van der Waals surface area contributed by atoms with Gasteiger partial charge in [-0.1, -0.05) is 26.0 Å². The van der Waals surface area contributed by atoms with E-state index in [9.17, 15) is 9.59 Å². The summed E-state index contributed by atoms with van der Waals surface area (Å²) in [6.07, 6.45) is 1.11. The van der Waals surface area contributed by atoms with Crippen molar-refractivity contribution in [2.24, 2.45) is 7.05 Å². The predicted octanol–water partition coefficient (Wildman–Crippen LogP) is 4.18. The van der Waals surface area contributed by atoms with Gasteiger partial charge in [-0.25, -0.2) is 4.79 Å². The fourth-order valence-electron chi connectivity index (χ4n) is 3.01. The lowest BCUT2D eigenvalue weighted by Crippen LogP contribution is -2.28. The van der Waals surface area contributed by atoms with Gasteiger partial charge < -0.3 is 5.32 Å². The molecule has 5 nitrogen and oxygen atoms in total. The first kappa shape index (κ1) is 19.3. The Labute approximate surface area is 163 Å². The largest absolute Gasteiger partial charge is 0.329 e. The lowest BCUT2D eigenvalue weighted by Gasteiger charge is -2.12. The molecule has 1 N–H and O–H groups in total. The van der Waals surface area contributed by atoms with E-state index in [1.807, 2.05) is 55.1 Å². The summed E-state index contributed by atoms with van der Waals surface area (Å²) in [6, 6.07) is 13.5. The van der Waals surface area contributed by atoms with Gasteiger partial charge in [-0.05, 0) is 49.2 Å². The van der Waals surface area contributed by atoms with E-state index in [0.29, 0.717) is 5.25 Å². The van der Waals surface area contributed by atoms with E-state index in [1.54, 1.807) is 11.6 Å². The minimum atomic E-state index is -0.209. The Morgan fingerprint density at radius 1 is 1.19 bits per heavy atom. The van der Waals surface area contributed by atoms with Crippen LogP contribution in [0.2, 0.25) is 0 Å². The highest BCUT2D eigenvalue weighted by Gasteiger charge is 2.14. The summed E-state index contributed by atoms with van der Waals surface area (Å²) < 4.78 is 3.07. The zero-order chi connectivity index (χ0) is 19.6. The molecule has 6 heteroatoms. The number of thioether (sulfide) groups is 1. The Bertz CT molecular complexity index is 1040. The Kier molecular flexibility index (Phi) is 5.75. The van der Waals surface area contributed by atoms with E-state index in [0.717, 1.165) is 28.7 Å². The maximum Gasteiger partial charge on any atom is 0.329 e. The van der Waals surface area contributed by atoms with Crippen LogP contribution in [0.3, 0.4) is 0 Å². The van der Waals surface area contributed by atoms with Gasteiger partial charge in [-0.15, -0.1) is 11.8 Å². The van der Waals surface area contributed by atoms with Gasteiger partial charge in [0.25, 0.3) is 0 Å². The molecule has 0 aliphatic heterocycles. The average molecular weight is 384 g/mol. The number of nitrogens with one attached hydrogen (secondary N) is 1. The summed E-state index contributed by atoms with van der Waals surface area (Å²) in [6.45, 7) is 6.36. The molecule has 2 aromatic carbocycles. The smallest absolute Gasteiger partial charge is 0.324 e. The van der Waals surface area contributed by atoms with E-state index in [2.05, 4.69) is 25.2 Å². The second kappa shape index (κ2) is 8.05. The predicted molar refractivity (Wildman–Crippen MR) is 113 cm³/mol.